The molecule has 0 atom stereocenters. The van der Waals surface area contributed by atoms with Crippen LogP contribution in [-0.4, -0.2) is 15.6 Å². The first-order valence-electron chi connectivity index (χ1n) is 6.92. The number of thiocarbonyl (C=S) groups is 1. The summed E-state index contributed by atoms with van der Waals surface area (Å²) in [7, 11) is 0. The number of nitrogens with zero attached hydrogens (tertiary/aromatic N) is 1. The Morgan fingerprint density at radius 3 is 2.52 bits per heavy atom. The average molecular weight is 322 g/mol. The van der Waals surface area contributed by atoms with Crippen molar-refractivity contribution in [3.05, 3.63) is 70.6 Å². The van der Waals surface area contributed by atoms with E-state index in [1.807, 2.05) is 30.3 Å². The van der Waals surface area contributed by atoms with E-state index in [9.17, 15) is 9.59 Å². The van der Waals surface area contributed by atoms with Crippen LogP contribution in [0, 0.1) is 0 Å². The topological polar surface area (TPSA) is 60.3 Å². The van der Waals surface area contributed by atoms with Crippen molar-refractivity contribution in [2.45, 2.75) is 0 Å². The highest BCUT2D eigenvalue weighted by molar-refractivity contribution is 7.80. The van der Waals surface area contributed by atoms with Crippen LogP contribution in [0.15, 0.2) is 59.4 Å². The van der Waals surface area contributed by atoms with Gasteiger partial charge in [0.2, 0.25) is 0 Å². The molecule has 0 fully saturated rings. The Bertz CT molecular complexity index is 1030. The molecule has 1 aliphatic rings. The van der Waals surface area contributed by atoms with E-state index in [1.54, 1.807) is 24.3 Å². The van der Waals surface area contributed by atoms with Gasteiger partial charge < -0.3 is 4.74 Å². The van der Waals surface area contributed by atoms with E-state index in [2.05, 4.69) is 5.32 Å². The molecule has 0 radical (unpaired) electrons. The second kappa shape index (κ2) is 5.03. The number of hydrogen-bond donors (Lipinski definition) is 1. The number of para-hydroxylation sites is 1. The normalized spacial score (nSPS) is 13.0. The third-order valence-corrected chi connectivity index (χ3v) is 3.91. The van der Waals surface area contributed by atoms with Gasteiger partial charge >= 0.3 is 0 Å². The second-order valence-electron chi connectivity index (χ2n) is 5.09. The van der Waals surface area contributed by atoms with Gasteiger partial charge in [-0.25, -0.2) is 4.57 Å². The molecule has 0 saturated heterocycles. The van der Waals surface area contributed by atoms with Gasteiger partial charge in [-0.15, -0.1) is 0 Å². The van der Waals surface area contributed by atoms with Gasteiger partial charge in [-0.2, -0.15) is 0 Å². The van der Waals surface area contributed by atoms with Crippen LogP contribution in [0.1, 0.15) is 10.5 Å². The Kier molecular flexibility index (Phi) is 2.99. The molecule has 0 spiro atoms. The van der Waals surface area contributed by atoms with Crippen LogP contribution in [0.2, 0.25) is 0 Å². The highest BCUT2D eigenvalue weighted by Crippen LogP contribution is 2.25. The van der Waals surface area contributed by atoms with Crippen molar-refractivity contribution in [2.24, 2.45) is 0 Å². The van der Waals surface area contributed by atoms with Gasteiger partial charge in [-0.3, -0.25) is 14.9 Å². The summed E-state index contributed by atoms with van der Waals surface area (Å²) in [6, 6.07) is 16.1. The average Bonchev–Trinajstić information content (AvgIpc) is 2.84. The number of fused-ring (bicyclic) bond motifs is 2. The van der Waals surface area contributed by atoms with Crippen LogP contribution >= 0.6 is 12.2 Å². The van der Waals surface area contributed by atoms with Crippen LogP contribution in [0.4, 0.5) is 0 Å². The van der Waals surface area contributed by atoms with Crippen LogP contribution in [0.3, 0.4) is 0 Å². The van der Waals surface area contributed by atoms with Crippen molar-refractivity contribution in [1.29, 1.82) is 0 Å². The molecule has 112 valence electrons. The Balaban J connectivity index is 1.87. The first kappa shape index (κ1) is 13.7. The maximum absolute atomic E-state index is 12.6. The fourth-order valence-electron chi connectivity index (χ4n) is 2.56. The molecule has 1 amide bonds. The van der Waals surface area contributed by atoms with Gasteiger partial charge in [0.1, 0.15) is 17.2 Å². The molecular formula is C17H10N2O3S. The van der Waals surface area contributed by atoms with Gasteiger partial charge in [-0.05, 0) is 47.9 Å². The molecule has 2 aromatic carbocycles. The Morgan fingerprint density at radius 2 is 1.74 bits per heavy atom. The van der Waals surface area contributed by atoms with Gasteiger partial charge in [0, 0.05) is 0 Å². The zero-order valence-electron chi connectivity index (χ0n) is 11.8. The number of benzene rings is 2. The first-order chi connectivity index (χ1) is 11.1. The molecule has 1 aliphatic heterocycles. The number of carbonyl (C=O) groups is 1. The molecule has 6 heteroatoms. The van der Waals surface area contributed by atoms with Crippen molar-refractivity contribution in [3.63, 3.8) is 0 Å². The SMILES string of the molecule is O=C1NC(=S)n2c1cc1ccc(Oc3ccccc3)cc1c2=O. The van der Waals surface area contributed by atoms with Crippen LogP contribution in [-0.2, 0) is 0 Å². The molecule has 23 heavy (non-hydrogen) atoms. The van der Waals surface area contributed by atoms with Crippen LogP contribution in [0.25, 0.3) is 10.8 Å². The van der Waals surface area contributed by atoms with E-state index in [0.717, 1.165) is 0 Å². The molecule has 5 nitrogen and oxygen atoms in total. The quantitative estimate of drug-likeness (QED) is 0.737. The standard InChI is InChI=1S/C17H10N2O3S/c20-15-14-8-10-6-7-12(22-11-4-2-1-3-5-11)9-13(10)16(21)19(14)17(23)18-15/h1-9H,(H,18,20,23). The Morgan fingerprint density at radius 1 is 0.957 bits per heavy atom. The number of hydrogen-bond acceptors (Lipinski definition) is 4. The van der Waals surface area contributed by atoms with Gasteiger partial charge in [0.15, 0.2) is 5.11 Å². The lowest BCUT2D eigenvalue weighted by Gasteiger charge is -2.08. The number of aromatic nitrogens is 1. The zero-order valence-corrected chi connectivity index (χ0v) is 12.6. The van der Waals surface area contributed by atoms with Crippen molar-refractivity contribution >= 4 is 34.0 Å². The second-order valence-corrected chi connectivity index (χ2v) is 5.48. The number of amides is 1. The summed E-state index contributed by atoms with van der Waals surface area (Å²) in [4.78, 5) is 24.4. The summed E-state index contributed by atoms with van der Waals surface area (Å²) in [5, 5.41) is 3.69. The van der Waals surface area contributed by atoms with E-state index in [0.29, 0.717) is 22.3 Å². The molecule has 0 saturated carbocycles. The zero-order chi connectivity index (χ0) is 16.0. The highest BCUT2D eigenvalue weighted by atomic mass is 32.1. The fourth-order valence-corrected chi connectivity index (χ4v) is 2.84. The van der Waals surface area contributed by atoms with Gasteiger partial charge in [0.25, 0.3) is 11.5 Å². The number of rotatable bonds is 2. The summed E-state index contributed by atoms with van der Waals surface area (Å²) in [5.41, 5.74) is -0.0800. The first-order valence-corrected chi connectivity index (χ1v) is 7.33. The predicted octanol–water partition coefficient (Wildman–Crippen LogP) is 2.67. The Labute approximate surface area is 136 Å². The number of nitrogens with one attached hydrogen (secondary N) is 1. The van der Waals surface area contributed by atoms with E-state index >= 15 is 0 Å². The maximum Gasteiger partial charge on any atom is 0.274 e. The smallest absolute Gasteiger partial charge is 0.274 e. The molecule has 0 aliphatic carbocycles. The van der Waals surface area contributed by atoms with E-state index in [-0.39, 0.29) is 22.3 Å². The lowest BCUT2D eigenvalue weighted by atomic mass is 10.1. The van der Waals surface area contributed by atoms with Crippen molar-refractivity contribution in [1.82, 2.24) is 9.88 Å². The molecule has 3 aromatic rings. The minimum Gasteiger partial charge on any atom is -0.457 e. The molecular weight excluding hydrogens is 312 g/mol. The lowest BCUT2D eigenvalue weighted by Crippen LogP contribution is -2.28. The minimum atomic E-state index is -0.362. The van der Waals surface area contributed by atoms with Crippen molar-refractivity contribution in [3.8, 4) is 11.5 Å². The third-order valence-electron chi connectivity index (χ3n) is 3.63. The maximum atomic E-state index is 12.6. The van der Waals surface area contributed by atoms with Crippen molar-refractivity contribution < 1.29 is 9.53 Å². The monoisotopic (exact) mass is 322 g/mol. The molecule has 2 heterocycles. The molecule has 0 unspecified atom stereocenters. The fraction of sp³-hybridized carbons (Fsp3) is 0. The van der Waals surface area contributed by atoms with E-state index in [1.165, 1.54) is 4.57 Å². The summed E-state index contributed by atoms with van der Waals surface area (Å²) in [6.45, 7) is 0. The third kappa shape index (κ3) is 2.20. The largest absolute Gasteiger partial charge is 0.457 e. The van der Waals surface area contributed by atoms with Gasteiger partial charge in [-0.1, -0.05) is 24.3 Å². The van der Waals surface area contributed by atoms with Crippen molar-refractivity contribution in [2.75, 3.05) is 0 Å². The summed E-state index contributed by atoms with van der Waals surface area (Å²) in [6.07, 6.45) is 0. The van der Waals surface area contributed by atoms with E-state index in [4.69, 9.17) is 17.0 Å². The van der Waals surface area contributed by atoms with Gasteiger partial charge in [0.05, 0.1) is 5.39 Å². The predicted molar refractivity (Wildman–Crippen MR) is 90.2 cm³/mol. The minimum absolute atomic E-state index is 0.103. The highest BCUT2D eigenvalue weighted by Gasteiger charge is 2.25. The van der Waals surface area contributed by atoms with Crippen LogP contribution < -0.4 is 15.6 Å². The Hall–Kier alpha value is -2.99. The molecule has 1 aromatic heterocycles. The van der Waals surface area contributed by atoms with E-state index < -0.39 is 0 Å². The number of pyridine rings is 1. The summed E-state index contributed by atoms with van der Waals surface area (Å²) >= 11 is 5.04. The molecule has 4 rings (SSSR count). The number of ether oxygens (including phenoxy) is 1. The molecule has 0 bridgehead atoms. The number of carbonyl (C=O) groups excluding carboxylic acids is 1. The van der Waals surface area contributed by atoms with Crippen LogP contribution in [0.5, 0.6) is 11.5 Å². The molecule has 1 N–H and O–H groups in total. The summed E-state index contributed by atoms with van der Waals surface area (Å²) in [5.74, 6) is 0.864. The summed E-state index contributed by atoms with van der Waals surface area (Å²) < 4.78 is 6.96. The lowest BCUT2D eigenvalue weighted by molar-refractivity contribution is 0.0981.